The highest BCUT2D eigenvalue weighted by Crippen LogP contribution is 2.35. The van der Waals surface area contributed by atoms with E-state index in [9.17, 15) is 18.0 Å². The lowest BCUT2D eigenvalue weighted by Gasteiger charge is -2.34. The van der Waals surface area contributed by atoms with Crippen LogP contribution in [0.5, 0.6) is 11.5 Å². The van der Waals surface area contributed by atoms with Crippen molar-refractivity contribution >= 4 is 5.91 Å². The van der Waals surface area contributed by atoms with Gasteiger partial charge in [0.1, 0.15) is 13.2 Å². The van der Waals surface area contributed by atoms with E-state index in [0.29, 0.717) is 68.7 Å². The Balaban J connectivity index is 1.22. The number of nitrogens with one attached hydrogen (secondary N) is 1. The number of halogens is 3. The largest absolute Gasteiger partial charge is 0.486 e. The molecular formula is C24H23F3N4O3. The van der Waals surface area contributed by atoms with Crippen LogP contribution in [0.3, 0.4) is 0 Å². The number of carbonyl (C=O) groups is 1. The summed E-state index contributed by atoms with van der Waals surface area (Å²) < 4.78 is 49.5. The van der Waals surface area contributed by atoms with E-state index in [-0.39, 0.29) is 5.91 Å². The molecule has 10 heteroatoms. The number of aromatic amines is 1. The molecule has 1 saturated heterocycles. The lowest BCUT2D eigenvalue weighted by Crippen LogP contribution is -2.48. The Morgan fingerprint density at radius 2 is 1.68 bits per heavy atom. The predicted molar refractivity (Wildman–Crippen MR) is 118 cm³/mol. The number of hydrogen-bond donors (Lipinski definition) is 1. The van der Waals surface area contributed by atoms with Gasteiger partial charge in [-0.1, -0.05) is 12.1 Å². The zero-order chi connectivity index (χ0) is 23.7. The summed E-state index contributed by atoms with van der Waals surface area (Å²) in [7, 11) is 0. The number of alkyl halides is 3. The second kappa shape index (κ2) is 9.02. The minimum Gasteiger partial charge on any atom is -0.486 e. The number of amides is 1. The van der Waals surface area contributed by atoms with Crippen LogP contribution in [-0.4, -0.2) is 65.3 Å². The van der Waals surface area contributed by atoms with E-state index in [4.69, 9.17) is 9.47 Å². The van der Waals surface area contributed by atoms with Crippen LogP contribution in [0.15, 0.2) is 48.7 Å². The number of H-pyrrole nitrogens is 1. The second-order valence-corrected chi connectivity index (χ2v) is 8.28. The fourth-order valence-electron chi connectivity index (χ4n) is 4.20. The van der Waals surface area contributed by atoms with E-state index < -0.39 is 11.7 Å². The van der Waals surface area contributed by atoms with Crippen LogP contribution in [0.25, 0.3) is 11.3 Å². The van der Waals surface area contributed by atoms with Crippen LogP contribution in [0.4, 0.5) is 13.2 Å². The van der Waals surface area contributed by atoms with E-state index >= 15 is 0 Å². The van der Waals surface area contributed by atoms with Gasteiger partial charge in [-0.2, -0.15) is 18.3 Å². The molecule has 0 atom stereocenters. The van der Waals surface area contributed by atoms with Crippen LogP contribution < -0.4 is 9.47 Å². The molecule has 0 unspecified atom stereocenters. The van der Waals surface area contributed by atoms with E-state index in [1.165, 1.54) is 18.3 Å². The Kier molecular flexibility index (Phi) is 5.91. The molecule has 3 heterocycles. The van der Waals surface area contributed by atoms with Crippen LogP contribution in [0.2, 0.25) is 0 Å². The summed E-state index contributed by atoms with van der Waals surface area (Å²) in [6.07, 6.45) is -2.81. The fraction of sp³-hybridized carbons (Fsp3) is 0.333. The van der Waals surface area contributed by atoms with Gasteiger partial charge in [0.25, 0.3) is 5.91 Å². The maximum absolute atomic E-state index is 13.2. The smallest absolute Gasteiger partial charge is 0.416 e. The van der Waals surface area contributed by atoms with Gasteiger partial charge < -0.3 is 14.4 Å². The van der Waals surface area contributed by atoms with Crippen molar-refractivity contribution < 1.29 is 27.4 Å². The Morgan fingerprint density at radius 1 is 0.971 bits per heavy atom. The monoisotopic (exact) mass is 472 g/mol. The Bertz CT molecular complexity index is 1170. The third-order valence-electron chi connectivity index (χ3n) is 6.05. The van der Waals surface area contributed by atoms with Crippen LogP contribution in [-0.2, 0) is 12.7 Å². The van der Waals surface area contributed by atoms with Crippen LogP contribution in [0, 0.1) is 0 Å². The molecule has 0 spiro atoms. The standard InChI is InChI=1S/C24H23F3N4O3/c25-24(26,27)18-4-1-16(2-5-18)15-30-7-9-31(10-8-30)23(32)19-14-28-29-22(19)17-3-6-20-21(13-17)34-12-11-33-20/h1-6,13-14H,7-12,15H2,(H,28,29). The lowest BCUT2D eigenvalue weighted by molar-refractivity contribution is -0.137. The van der Waals surface area contributed by atoms with Crippen molar-refractivity contribution in [3.63, 3.8) is 0 Å². The molecule has 5 rings (SSSR count). The summed E-state index contributed by atoms with van der Waals surface area (Å²) in [5, 5.41) is 7.01. The summed E-state index contributed by atoms with van der Waals surface area (Å²) in [5.74, 6) is 1.19. The van der Waals surface area contributed by atoms with Crippen molar-refractivity contribution in [2.24, 2.45) is 0 Å². The van der Waals surface area contributed by atoms with Crippen LogP contribution in [0.1, 0.15) is 21.5 Å². The van der Waals surface area contributed by atoms with Gasteiger partial charge in [0.2, 0.25) is 0 Å². The highest BCUT2D eigenvalue weighted by atomic mass is 19.4. The molecule has 3 aromatic rings. The Morgan fingerprint density at radius 3 is 2.38 bits per heavy atom. The second-order valence-electron chi connectivity index (χ2n) is 8.28. The SMILES string of the molecule is O=C(c1cn[nH]c1-c1ccc2c(c1)OCCO2)N1CCN(Cc2ccc(C(F)(F)F)cc2)CC1. The quantitative estimate of drug-likeness (QED) is 0.625. The van der Waals surface area contributed by atoms with Crippen molar-refractivity contribution in [2.45, 2.75) is 12.7 Å². The summed E-state index contributed by atoms with van der Waals surface area (Å²) in [6, 6.07) is 10.7. The fourth-order valence-corrected chi connectivity index (χ4v) is 4.20. The molecular weight excluding hydrogens is 449 g/mol. The van der Waals surface area contributed by atoms with E-state index in [0.717, 1.165) is 23.3 Å². The van der Waals surface area contributed by atoms with Gasteiger partial charge in [-0.3, -0.25) is 14.8 Å². The molecule has 178 valence electrons. The molecule has 1 aromatic heterocycles. The van der Waals surface area contributed by atoms with Crippen molar-refractivity contribution in [2.75, 3.05) is 39.4 Å². The number of piperazine rings is 1. The number of aromatic nitrogens is 2. The van der Waals surface area contributed by atoms with E-state index in [2.05, 4.69) is 15.1 Å². The number of fused-ring (bicyclic) bond motifs is 1. The molecule has 0 radical (unpaired) electrons. The van der Waals surface area contributed by atoms with Gasteiger partial charge in [0.05, 0.1) is 23.0 Å². The molecule has 2 aliphatic rings. The molecule has 1 amide bonds. The summed E-state index contributed by atoms with van der Waals surface area (Å²) >= 11 is 0. The minimum absolute atomic E-state index is 0.118. The first-order valence-electron chi connectivity index (χ1n) is 11.0. The number of benzene rings is 2. The van der Waals surface area contributed by atoms with Gasteiger partial charge >= 0.3 is 6.18 Å². The van der Waals surface area contributed by atoms with Crippen molar-refractivity contribution in [1.82, 2.24) is 20.0 Å². The number of ether oxygens (including phenoxy) is 2. The number of carbonyl (C=O) groups excluding carboxylic acids is 1. The average Bonchev–Trinajstić information content (AvgIpc) is 3.34. The molecule has 2 aromatic carbocycles. The zero-order valence-corrected chi connectivity index (χ0v) is 18.3. The summed E-state index contributed by atoms with van der Waals surface area (Å²) in [4.78, 5) is 17.1. The van der Waals surface area contributed by atoms with E-state index in [1.807, 2.05) is 18.2 Å². The van der Waals surface area contributed by atoms with Crippen molar-refractivity contribution in [1.29, 1.82) is 0 Å². The molecule has 0 bridgehead atoms. The van der Waals surface area contributed by atoms with E-state index in [1.54, 1.807) is 4.90 Å². The first-order chi connectivity index (χ1) is 16.4. The van der Waals surface area contributed by atoms with Gasteiger partial charge in [-0.15, -0.1) is 0 Å². The molecule has 1 N–H and O–H groups in total. The maximum atomic E-state index is 13.2. The minimum atomic E-state index is -4.34. The first-order valence-corrected chi connectivity index (χ1v) is 11.0. The summed E-state index contributed by atoms with van der Waals surface area (Å²) in [5.41, 5.74) is 2.04. The topological polar surface area (TPSA) is 70.7 Å². The predicted octanol–water partition coefficient (Wildman–Crippen LogP) is 3.82. The average molecular weight is 472 g/mol. The van der Waals surface area contributed by atoms with Crippen molar-refractivity contribution in [3.05, 3.63) is 65.4 Å². The molecule has 34 heavy (non-hydrogen) atoms. The number of hydrogen-bond acceptors (Lipinski definition) is 5. The molecule has 7 nitrogen and oxygen atoms in total. The molecule has 2 aliphatic heterocycles. The highest BCUT2D eigenvalue weighted by Gasteiger charge is 2.30. The number of rotatable bonds is 4. The maximum Gasteiger partial charge on any atom is 0.416 e. The Hall–Kier alpha value is -3.53. The molecule has 1 fully saturated rings. The van der Waals surface area contributed by atoms with Gasteiger partial charge in [-0.25, -0.2) is 0 Å². The normalized spacial score (nSPS) is 16.5. The third-order valence-corrected chi connectivity index (χ3v) is 6.05. The third kappa shape index (κ3) is 4.58. The first kappa shape index (κ1) is 22.3. The lowest BCUT2D eigenvalue weighted by atomic mass is 10.1. The molecule has 0 aliphatic carbocycles. The number of nitrogens with zero attached hydrogens (tertiary/aromatic N) is 3. The van der Waals surface area contributed by atoms with Crippen LogP contribution >= 0.6 is 0 Å². The molecule has 0 saturated carbocycles. The summed E-state index contributed by atoms with van der Waals surface area (Å²) in [6.45, 7) is 3.81. The van der Waals surface area contributed by atoms with Gasteiger partial charge in [0, 0.05) is 38.3 Å². The van der Waals surface area contributed by atoms with Gasteiger partial charge in [-0.05, 0) is 35.9 Å². The van der Waals surface area contributed by atoms with Crippen molar-refractivity contribution in [3.8, 4) is 22.8 Å². The Labute approximate surface area is 194 Å². The zero-order valence-electron chi connectivity index (χ0n) is 18.3. The highest BCUT2D eigenvalue weighted by molar-refractivity contribution is 6.00. The van der Waals surface area contributed by atoms with Gasteiger partial charge in [0.15, 0.2) is 11.5 Å².